The Morgan fingerprint density at radius 1 is 1.50 bits per heavy atom. The van der Waals surface area contributed by atoms with Gasteiger partial charge >= 0.3 is 0 Å². The summed E-state index contributed by atoms with van der Waals surface area (Å²) >= 11 is 0. The average Bonchev–Trinajstić information content (AvgIpc) is 2.73. The maximum Gasteiger partial charge on any atom is 0.0961 e. The third-order valence-electron chi connectivity index (χ3n) is 2.68. The lowest BCUT2D eigenvalue weighted by Crippen LogP contribution is -2.23. The van der Waals surface area contributed by atoms with Crippen LogP contribution in [-0.2, 0) is 0 Å². The van der Waals surface area contributed by atoms with Gasteiger partial charge in [0.05, 0.1) is 17.4 Å². The fourth-order valence-corrected chi connectivity index (χ4v) is 1.82. The molecular weight excluding hydrogens is 198 g/mol. The number of aromatic nitrogens is 2. The van der Waals surface area contributed by atoms with Crippen molar-refractivity contribution in [2.24, 2.45) is 0 Å². The quantitative estimate of drug-likeness (QED) is 0.613. The Morgan fingerprint density at radius 3 is 3.12 bits per heavy atom. The Bertz CT molecular complexity index is 473. The van der Waals surface area contributed by atoms with Gasteiger partial charge in [0.15, 0.2) is 0 Å². The minimum atomic E-state index is 0.396. The van der Waals surface area contributed by atoms with Crippen molar-refractivity contribution in [3.05, 3.63) is 43.2 Å². The lowest BCUT2D eigenvalue weighted by molar-refractivity contribution is 0.519. The van der Waals surface area contributed by atoms with Crippen LogP contribution in [0.3, 0.4) is 0 Å². The minimum absolute atomic E-state index is 0.396. The molecule has 0 saturated heterocycles. The molecule has 3 nitrogen and oxygen atoms in total. The van der Waals surface area contributed by atoms with Gasteiger partial charge in [-0.05, 0) is 19.1 Å². The summed E-state index contributed by atoms with van der Waals surface area (Å²) in [6.45, 7) is 7.64. The summed E-state index contributed by atoms with van der Waals surface area (Å²) in [5.74, 6) is 0. The average molecular weight is 215 g/mol. The highest BCUT2D eigenvalue weighted by Crippen LogP contribution is 2.16. The number of fused-ring (bicyclic) bond motifs is 1. The molecule has 0 fully saturated rings. The second-order valence-corrected chi connectivity index (χ2v) is 3.94. The van der Waals surface area contributed by atoms with E-state index >= 15 is 0 Å². The van der Waals surface area contributed by atoms with Crippen molar-refractivity contribution in [2.45, 2.75) is 13.0 Å². The van der Waals surface area contributed by atoms with Crippen LogP contribution in [0.25, 0.3) is 11.0 Å². The highest BCUT2D eigenvalue weighted by atomic mass is 15.1. The third-order valence-corrected chi connectivity index (χ3v) is 2.68. The van der Waals surface area contributed by atoms with Crippen molar-refractivity contribution in [1.82, 2.24) is 14.9 Å². The molecule has 1 N–H and O–H groups in total. The molecule has 0 bridgehead atoms. The van der Waals surface area contributed by atoms with Gasteiger partial charge in [0.2, 0.25) is 0 Å². The Hall–Kier alpha value is -1.61. The Morgan fingerprint density at radius 2 is 2.31 bits per heavy atom. The first kappa shape index (κ1) is 10.9. The first-order valence-corrected chi connectivity index (χ1v) is 5.56. The van der Waals surface area contributed by atoms with Gasteiger partial charge in [-0.3, -0.25) is 0 Å². The van der Waals surface area contributed by atoms with Crippen LogP contribution >= 0.6 is 0 Å². The van der Waals surface area contributed by atoms with Gasteiger partial charge in [-0.1, -0.05) is 18.2 Å². The molecule has 16 heavy (non-hydrogen) atoms. The van der Waals surface area contributed by atoms with Crippen LogP contribution in [0.1, 0.15) is 13.0 Å². The SMILES string of the molecule is C=CCNCC(C)n1cnc2ccccc21. The van der Waals surface area contributed by atoms with E-state index < -0.39 is 0 Å². The monoisotopic (exact) mass is 215 g/mol. The molecule has 0 aliphatic carbocycles. The van der Waals surface area contributed by atoms with Crippen LogP contribution in [0.4, 0.5) is 0 Å². The van der Waals surface area contributed by atoms with E-state index in [2.05, 4.69) is 34.4 Å². The summed E-state index contributed by atoms with van der Waals surface area (Å²) in [4.78, 5) is 4.38. The van der Waals surface area contributed by atoms with Crippen molar-refractivity contribution in [1.29, 1.82) is 0 Å². The zero-order chi connectivity index (χ0) is 11.4. The summed E-state index contributed by atoms with van der Waals surface area (Å²) in [7, 11) is 0. The van der Waals surface area contributed by atoms with Crippen molar-refractivity contribution < 1.29 is 0 Å². The molecule has 0 radical (unpaired) electrons. The molecule has 0 amide bonds. The van der Waals surface area contributed by atoms with Crippen molar-refractivity contribution in [2.75, 3.05) is 13.1 Å². The zero-order valence-electron chi connectivity index (χ0n) is 9.56. The predicted molar refractivity (Wildman–Crippen MR) is 67.5 cm³/mol. The molecule has 1 unspecified atom stereocenters. The van der Waals surface area contributed by atoms with E-state index in [1.165, 1.54) is 5.52 Å². The van der Waals surface area contributed by atoms with Crippen molar-refractivity contribution >= 4 is 11.0 Å². The normalized spacial score (nSPS) is 12.8. The third kappa shape index (κ3) is 2.14. The number of nitrogens with zero attached hydrogens (tertiary/aromatic N) is 2. The molecule has 3 heteroatoms. The number of rotatable bonds is 5. The molecule has 0 aliphatic rings. The number of hydrogen-bond acceptors (Lipinski definition) is 2. The molecule has 2 aromatic rings. The minimum Gasteiger partial charge on any atom is -0.326 e. The predicted octanol–water partition coefficient (Wildman–Crippen LogP) is 2.37. The van der Waals surface area contributed by atoms with Crippen LogP contribution in [0, 0.1) is 0 Å². The van der Waals surface area contributed by atoms with Gasteiger partial charge in [-0.15, -0.1) is 6.58 Å². The topological polar surface area (TPSA) is 29.9 Å². The van der Waals surface area contributed by atoms with E-state index in [1.807, 2.05) is 30.6 Å². The van der Waals surface area contributed by atoms with Gasteiger partial charge in [0, 0.05) is 19.1 Å². The second-order valence-electron chi connectivity index (χ2n) is 3.94. The second kappa shape index (κ2) is 4.94. The maximum absolute atomic E-state index is 4.38. The van der Waals surface area contributed by atoms with Gasteiger partial charge in [0.1, 0.15) is 0 Å². The van der Waals surface area contributed by atoms with E-state index in [0.29, 0.717) is 6.04 Å². The molecule has 1 atom stereocenters. The van der Waals surface area contributed by atoms with E-state index in [-0.39, 0.29) is 0 Å². The lowest BCUT2D eigenvalue weighted by atomic mass is 10.2. The molecule has 1 aromatic carbocycles. The molecule has 0 aliphatic heterocycles. The smallest absolute Gasteiger partial charge is 0.0961 e. The number of hydrogen-bond donors (Lipinski definition) is 1. The zero-order valence-corrected chi connectivity index (χ0v) is 9.56. The van der Waals surface area contributed by atoms with Gasteiger partial charge in [-0.2, -0.15) is 0 Å². The van der Waals surface area contributed by atoms with E-state index in [4.69, 9.17) is 0 Å². The molecule has 1 heterocycles. The number of benzene rings is 1. The molecule has 84 valence electrons. The standard InChI is InChI=1S/C13H17N3/c1-3-8-14-9-11(2)16-10-15-12-6-4-5-7-13(12)16/h3-7,10-11,14H,1,8-9H2,2H3. The lowest BCUT2D eigenvalue weighted by Gasteiger charge is -2.14. The Balaban J connectivity index is 2.16. The van der Waals surface area contributed by atoms with E-state index in [1.54, 1.807) is 0 Å². The Kier molecular flexibility index (Phi) is 3.37. The summed E-state index contributed by atoms with van der Waals surface area (Å²) in [5.41, 5.74) is 2.24. The largest absolute Gasteiger partial charge is 0.326 e. The maximum atomic E-state index is 4.38. The van der Waals surface area contributed by atoms with Gasteiger partial charge < -0.3 is 9.88 Å². The summed E-state index contributed by atoms with van der Waals surface area (Å²) in [5, 5.41) is 3.32. The molecule has 0 spiro atoms. The highest BCUT2D eigenvalue weighted by Gasteiger charge is 2.07. The molecule has 2 rings (SSSR count). The fourth-order valence-electron chi connectivity index (χ4n) is 1.82. The summed E-state index contributed by atoms with van der Waals surface area (Å²) < 4.78 is 2.20. The van der Waals surface area contributed by atoms with Crippen molar-refractivity contribution in [3.63, 3.8) is 0 Å². The highest BCUT2D eigenvalue weighted by molar-refractivity contribution is 5.75. The summed E-state index contributed by atoms with van der Waals surface area (Å²) in [6.07, 6.45) is 3.78. The first-order valence-electron chi connectivity index (χ1n) is 5.56. The number of imidazole rings is 1. The van der Waals surface area contributed by atoms with Crippen LogP contribution in [0.5, 0.6) is 0 Å². The van der Waals surface area contributed by atoms with E-state index in [0.717, 1.165) is 18.6 Å². The summed E-state index contributed by atoms with van der Waals surface area (Å²) in [6, 6.07) is 8.60. The van der Waals surface area contributed by atoms with Crippen LogP contribution in [0.15, 0.2) is 43.2 Å². The van der Waals surface area contributed by atoms with Crippen LogP contribution < -0.4 is 5.32 Å². The number of nitrogens with one attached hydrogen (secondary N) is 1. The van der Waals surface area contributed by atoms with Gasteiger partial charge in [-0.25, -0.2) is 4.98 Å². The molecular formula is C13H17N3. The molecule has 0 saturated carbocycles. The van der Waals surface area contributed by atoms with Crippen molar-refractivity contribution in [3.8, 4) is 0 Å². The van der Waals surface area contributed by atoms with Crippen LogP contribution in [0.2, 0.25) is 0 Å². The fraction of sp³-hybridized carbons (Fsp3) is 0.308. The van der Waals surface area contributed by atoms with Crippen LogP contribution in [-0.4, -0.2) is 22.6 Å². The Labute approximate surface area is 95.8 Å². The van der Waals surface area contributed by atoms with Gasteiger partial charge in [0.25, 0.3) is 0 Å². The molecule has 1 aromatic heterocycles. The van der Waals surface area contributed by atoms with E-state index in [9.17, 15) is 0 Å². The number of para-hydroxylation sites is 2. The first-order chi connectivity index (χ1) is 7.83.